The summed E-state index contributed by atoms with van der Waals surface area (Å²) in [7, 11) is 0. The first-order chi connectivity index (χ1) is 30.5. The van der Waals surface area contributed by atoms with E-state index >= 15 is 0 Å². The zero-order valence-electron chi connectivity index (χ0n) is 37.2. The molecule has 0 bridgehead atoms. The number of nitrogens with one attached hydrogen (secondary N) is 3. The van der Waals surface area contributed by atoms with Gasteiger partial charge in [-0.25, -0.2) is 14.8 Å². The first-order valence-corrected chi connectivity index (χ1v) is 21.5. The first kappa shape index (κ1) is 50.2. The third-order valence-electron chi connectivity index (χ3n) is 10.3. The standard InChI is InChI=1S/C45H60N10O9/c1-6-63-26-37-52-40-41(55(37)27-45(4,5)62)32-12-7-8-13-34(32)50-42(40)53-38(58)15-9-10-16-39(59)64-25-30-19-17-29(18-20-30)22-36(57)35(14-11-21-48-44(46)61)51-43(60)33(28(2)3)23-31(56)24-49-54-47/h7-8,12-13,17-20,28,33,35,62H,6,9-11,14-16,21-27H2,1-5H3,(H,51,60)(H3,46,48,61)(H,50,53,58)/t33-,35-/m0/s1. The molecule has 2 aromatic carbocycles. The van der Waals surface area contributed by atoms with Gasteiger partial charge in [0.1, 0.15) is 30.3 Å². The van der Waals surface area contributed by atoms with Crippen molar-refractivity contribution in [2.45, 2.75) is 117 Å². The Morgan fingerprint density at radius 3 is 2.34 bits per heavy atom. The Kier molecular flexibility index (Phi) is 19.2. The Hall–Kier alpha value is -6.43. The zero-order valence-corrected chi connectivity index (χ0v) is 37.2. The van der Waals surface area contributed by atoms with Crippen molar-refractivity contribution >= 4 is 63.1 Å². The van der Waals surface area contributed by atoms with Crippen molar-refractivity contribution < 1.29 is 43.3 Å². The number of primary amides is 1. The number of carbonyl (C=O) groups excluding carboxylic acids is 6. The fourth-order valence-corrected chi connectivity index (χ4v) is 7.05. The first-order valence-electron chi connectivity index (χ1n) is 21.5. The number of hydrogen-bond donors (Lipinski definition) is 5. The Morgan fingerprint density at radius 1 is 0.969 bits per heavy atom. The van der Waals surface area contributed by atoms with E-state index < -0.39 is 41.3 Å². The molecule has 0 unspecified atom stereocenters. The number of para-hydroxylation sites is 1. The van der Waals surface area contributed by atoms with Gasteiger partial charge in [0.15, 0.2) is 11.6 Å². The number of unbranched alkanes of at least 4 members (excludes halogenated alkanes) is 1. The fraction of sp³-hybridized carbons (Fsp3) is 0.511. The van der Waals surface area contributed by atoms with Gasteiger partial charge in [0.25, 0.3) is 0 Å². The maximum Gasteiger partial charge on any atom is 0.312 e. The molecule has 4 rings (SSSR count). The number of benzene rings is 2. The second kappa shape index (κ2) is 24.4. The van der Waals surface area contributed by atoms with Crippen LogP contribution in [0.5, 0.6) is 0 Å². The number of rotatable bonds is 27. The van der Waals surface area contributed by atoms with Crippen molar-refractivity contribution in [2.75, 3.05) is 25.0 Å². The molecule has 0 fully saturated rings. The quantitative estimate of drug-likeness (QED) is 0.0159. The van der Waals surface area contributed by atoms with Gasteiger partial charge in [-0.2, -0.15) is 0 Å². The molecule has 2 aromatic heterocycles. The number of aromatic nitrogens is 3. The average Bonchev–Trinajstić information content (AvgIpc) is 3.60. The normalized spacial score (nSPS) is 12.4. The third-order valence-corrected chi connectivity index (χ3v) is 10.3. The van der Waals surface area contributed by atoms with Crippen LogP contribution in [-0.2, 0) is 59.6 Å². The minimum atomic E-state index is -1.05. The highest BCUT2D eigenvalue weighted by Crippen LogP contribution is 2.32. The number of fused-ring (bicyclic) bond motifs is 3. The van der Waals surface area contributed by atoms with Gasteiger partial charge < -0.3 is 40.8 Å². The molecule has 0 saturated heterocycles. The van der Waals surface area contributed by atoms with E-state index in [0.717, 1.165) is 10.9 Å². The Morgan fingerprint density at radius 2 is 1.67 bits per heavy atom. The van der Waals surface area contributed by atoms with Crippen molar-refractivity contribution in [3.63, 3.8) is 0 Å². The van der Waals surface area contributed by atoms with Crippen LogP contribution >= 0.6 is 0 Å². The number of urea groups is 1. The van der Waals surface area contributed by atoms with Gasteiger partial charge in [-0.1, -0.05) is 61.4 Å². The summed E-state index contributed by atoms with van der Waals surface area (Å²) in [6, 6.07) is 12.8. The smallest absolute Gasteiger partial charge is 0.312 e. The number of aliphatic hydroxyl groups is 1. The Balaban J connectivity index is 1.29. The highest BCUT2D eigenvalue weighted by Gasteiger charge is 2.29. The number of hydrogen-bond acceptors (Lipinski definition) is 12. The highest BCUT2D eigenvalue weighted by molar-refractivity contribution is 6.09. The second-order valence-electron chi connectivity index (χ2n) is 16.6. The molecular weight excluding hydrogens is 825 g/mol. The van der Waals surface area contributed by atoms with Gasteiger partial charge in [-0.15, -0.1) is 0 Å². The van der Waals surface area contributed by atoms with Crippen LogP contribution in [0.4, 0.5) is 10.6 Å². The van der Waals surface area contributed by atoms with Crippen molar-refractivity contribution in [3.8, 4) is 0 Å². The van der Waals surface area contributed by atoms with E-state index in [1.807, 2.05) is 35.8 Å². The number of amides is 4. The molecule has 19 nitrogen and oxygen atoms in total. The summed E-state index contributed by atoms with van der Waals surface area (Å²) >= 11 is 0. The molecule has 0 aliphatic heterocycles. The van der Waals surface area contributed by atoms with Gasteiger partial charge in [-0.3, -0.25) is 24.0 Å². The average molecular weight is 885 g/mol. The van der Waals surface area contributed by atoms with Gasteiger partial charge in [-0.05, 0) is 75.1 Å². The van der Waals surface area contributed by atoms with E-state index in [0.29, 0.717) is 59.7 Å². The van der Waals surface area contributed by atoms with Crippen LogP contribution in [-0.4, -0.2) is 86.4 Å². The maximum atomic E-state index is 13.5. The van der Waals surface area contributed by atoms with Crippen molar-refractivity contribution in [1.29, 1.82) is 0 Å². The highest BCUT2D eigenvalue weighted by atomic mass is 16.5. The largest absolute Gasteiger partial charge is 0.461 e. The van der Waals surface area contributed by atoms with E-state index in [2.05, 4.69) is 26.0 Å². The molecule has 2 atom stereocenters. The molecule has 0 aliphatic carbocycles. The summed E-state index contributed by atoms with van der Waals surface area (Å²) in [6.45, 7) is 9.63. The minimum Gasteiger partial charge on any atom is -0.461 e. The molecule has 0 radical (unpaired) electrons. The van der Waals surface area contributed by atoms with Gasteiger partial charge in [0, 0.05) is 55.1 Å². The molecule has 4 aromatic rings. The molecular formula is C45H60N10O9. The van der Waals surface area contributed by atoms with E-state index in [-0.39, 0.29) is 82.6 Å². The lowest BCUT2D eigenvalue weighted by atomic mass is 9.89. The lowest BCUT2D eigenvalue weighted by Crippen LogP contribution is -2.46. The van der Waals surface area contributed by atoms with E-state index in [4.69, 9.17) is 30.7 Å². The predicted molar refractivity (Wildman–Crippen MR) is 239 cm³/mol. The van der Waals surface area contributed by atoms with Crippen LogP contribution < -0.4 is 21.7 Å². The van der Waals surface area contributed by atoms with Gasteiger partial charge in [0.2, 0.25) is 11.8 Å². The number of nitrogens with two attached hydrogens (primary N) is 1. The SMILES string of the molecule is CCOCc1nc2c(NC(=O)CCCCC(=O)OCc3ccc(CC(=O)[C@H](CCCNC(N)=O)NC(=O)[C@@H](CC(=O)CN=[N+]=[N-])C(C)C)cc3)nc3ccccc3c2n1CC(C)(C)O. The Bertz CT molecular complexity index is 2320. The van der Waals surface area contributed by atoms with E-state index in [9.17, 15) is 33.9 Å². The minimum absolute atomic E-state index is 0.00308. The zero-order chi connectivity index (χ0) is 46.8. The van der Waals surface area contributed by atoms with Crippen molar-refractivity contribution in [3.05, 3.63) is 75.9 Å². The summed E-state index contributed by atoms with van der Waals surface area (Å²) in [5.41, 5.74) is 15.9. The number of pyridine rings is 1. The topological polar surface area (TPSA) is 283 Å². The summed E-state index contributed by atoms with van der Waals surface area (Å²) in [5.74, 6) is -1.98. The molecule has 4 amide bonds. The van der Waals surface area contributed by atoms with Crippen LogP contribution in [0.25, 0.3) is 32.4 Å². The number of Topliss-reactive ketones (excluding diaryl/α,β-unsaturated/α-hetero) is 2. The van der Waals surface area contributed by atoms with Crippen LogP contribution in [0.15, 0.2) is 53.6 Å². The van der Waals surface area contributed by atoms with Crippen LogP contribution in [0, 0.1) is 11.8 Å². The number of anilines is 1. The summed E-state index contributed by atoms with van der Waals surface area (Å²) in [4.78, 5) is 88.2. The van der Waals surface area contributed by atoms with E-state index in [1.54, 1.807) is 52.0 Å². The van der Waals surface area contributed by atoms with Gasteiger partial charge >= 0.3 is 12.0 Å². The molecule has 0 saturated carbocycles. The predicted octanol–water partition coefficient (Wildman–Crippen LogP) is 5.72. The fourth-order valence-electron chi connectivity index (χ4n) is 7.05. The van der Waals surface area contributed by atoms with Crippen molar-refractivity contribution in [1.82, 2.24) is 25.2 Å². The monoisotopic (exact) mass is 884 g/mol. The molecule has 0 spiro atoms. The number of esters is 1. The summed E-state index contributed by atoms with van der Waals surface area (Å²) < 4.78 is 13.1. The third kappa shape index (κ3) is 15.7. The van der Waals surface area contributed by atoms with Crippen molar-refractivity contribution in [2.24, 2.45) is 22.7 Å². The van der Waals surface area contributed by atoms with Crippen LogP contribution in [0.2, 0.25) is 0 Å². The summed E-state index contributed by atoms with van der Waals surface area (Å²) in [6.07, 6.45) is 1.44. The lowest BCUT2D eigenvalue weighted by molar-refractivity contribution is -0.145. The number of nitrogens with zero attached hydrogens (tertiary/aromatic N) is 6. The molecule has 64 heavy (non-hydrogen) atoms. The Labute approximate surface area is 371 Å². The molecule has 344 valence electrons. The van der Waals surface area contributed by atoms with E-state index in [1.165, 1.54) is 0 Å². The number of ketones is 2. The molecule has 0 aliphatic rings. The maximum absolute atomic E-state index is 13.5. The second-order valence-corrected chi connectivity index (χ2v) is 16.6. The lowest BCUT2D eigenvalue weighted by Gasteiger charge is -2.24. The number of imidazole rings is 1. The number of ether oxygens (including phenoxy) is 2. The summed E-state index contributed by atoms with van der Waals surface area (Å²) in [5, 5.41) is 23.0. The van der Waals surface area contributed by atoms with Crippen LogP contribution in [0.3, 0.4) is 0 Å². The number of carbonyl (C=O) groups is 6. The molecule has 19 heteroatoms. The molecule has 2 heterocycles. The van der Waals surface area contributed by atoms with Gasteiger partial charge in [0.05, 0.1) is 35.8 Å². The number of azide groups is 1. The van der Waals surface area contributed by atoms with Crippen LogP contribution in [0.1, 0.15) is 96.5 Å². The molecule has 6 N–H and O–H groups in total.